The first-order valence-corrected chi connectivity index (χ1v) is 7.33. The predicted molar refractivity (Wildman–Crippen MR) is 87.7 cm³/mol. The molecule has 0 unspecified atom stereocenters. The summed E-state index contributed by atoms with van der Waals surface area (Å²) in [7, 11) is 1.56. The first-order chi connectivity index (χ1) is 11.8. The Kier molecular flexibility index (Phi) is 2.55. The molecule has 4 heterocycles. The van der Waals surface area contributed by atoms with E-state index in [0.29, 0.717) is 17.4 Å². The van der Waals surface area contributed by atoms with Crippen LogP contribution < -0.4 is 4.74 Å². The maximum absolute atomic E-state index is 5.21. The van der Waals surface area contributed by atoms with Crippen LogP contribution in [0.25, 0.3) is 39.0 Å². The Hall–Kier alpha value is -3.55. The van der Waals surface area contributed by atoms with Gasteiger partial charge in [-0.15, -0.1) is 5.10 Å². The zero-order chi connectivity index (χ0) is 16.1. The average Bonchev–Trinajstić information content (AvgIpc) is 3.27. The molecule has 5 rings (SSSR count). The molecule has 0 spiro atoms. The van der Waals surface area contributed by atoms with Crippen molar-refractivity contribution in [1.29, 1.82) is 0 Å². The highest BCUT2D eigenvalue weighted by molar-refractivity contribution is 6.07. The van der Waals surface area contributed by atoms with Crippen LogP contribution >= 0.6 is 0 Å². The Morgan fingerprint density at radius 3 is 2.75 bits per heavy atom. The number of ether oxygens (including phenoxy) is 1. The van der Waals surface area contributed by atoms with Crippen molar-refractivity contribution in [3.05, 3.63) is 42.7 Å². The first kappa shape index (κ1) is 12.9. The van der Waals surface area contributed by atoms with E-state index < -0.39 is 0 Å². The highest BCUT2D eigenvalue weighted by Crippen LogP contribution is 2.30. The molecule has 5 aromatic rings. The van der Waals surface area contributed by atoms with Gasteiger partial charge in [0.2, 0.25) is 0 Å². The quantitative estimate of drug-likeness (QED) is 0.536. The van der Waals surface area contributed by atoms with Gasteiger partial charge in [-0.1, -0.05) is 30.3 Å². The van der Waals surface area contributed by atoms with Gasteiger partial charge in [-0.3, -0.25) is 0 Å². The molecule has 1 N–H and O–H groups in total. The molecule has 0 aliphatic carbocycles. The normalized spacial score (nSPS) is 11.5. The Bertz CT molecular complexity index is 1190. The zero-order valence-corrected chi connectivity index (χ0v) is 12.6. The van der Waals surface area contributed by atoms with Gasteiger partial charge in [-0.2, -0.15) is 10.1 Å². The molecular formula is C16H11N7O. The van der Waals surface area contributed by atoms with Gasteiger partial charge < -0.3 is 4.74 Å². The number of methoxy groups -OCH3 is 1. The van der Waals surface area contributed by atoms with Crippen LogP contribution in [0.3, 0.4) is 0 Å². The van der Waals surface area contributed by atoms with Crippen LogP contribution in [0.4, 0.5) is 0 Å². The third kappa shape index (κ3) is 1.70. The summed E-state index contributed by atoms with van der Waals surface area (Å²) in [4.78, 5) is 13.5. The number of aromatic nitrogens is 7. The molecule has 0 aliphatic heterocycles. The number of pyridine rings is 1. The minimum absolute atomic E-state index is 0.381. The van der Waals surface area contributed by atoms with Gasteiger partial charge in [0, 0.05) is 17.1 Å². The minimum Gasteiger partial charge on any atom is -0.467 e. The third-order valence-corrected chi connectivity index (χ3v) is 3.95. The van der Waals surface area contributed by atoms with Crippen molar-refractivity contribution in [3.8, 4) is 17.3 Å². The van der Waals surface area contributed by atoms with Crippen LogP contribution in [-0.4, -0.2) is 41.9 Å². The number of fused-ring (bicyclic) bond motifs is 5. The molecule has 0 radical (unpaired) electrons. The van der Waals surface area contributed by atoms with E-state index in [-0.39, 0.29) is 0 Å². The monoisotopic (exact) mass is 317 g/mol. The summed E-state index contributed by atoms with van der Waals surface area (Å²) in [6.45, 7) is 0. The fourth-order valence-electron chi connectivity index (χ4n) is 2.87. The maximum atomic E-state index is 5.21. The Labute approximate surface area is 135 Å². The second-order valence-electron chi connectivity index (χ2n) is 5.30. The van der Waals surface area contributed by atoms with Crippen molar-refractivity contribution in [2.45, 2.75) is 0 Å². The van der Waals surface area contributed by atoms with Crippen molar-refractivity contribution < 1.29 is 4.74 Å². The van der Waals surface area contributed by atoms with Crippen molar-refractivity contribution in [2.24, 2.45) is 0 Å². The van der Waals surface area contributed by atoms with E-state index >= 15 is 0 Å². The molecule has 0 aliphatic rings. The van der Waals surface area contributed by atoms with E-state index in [1.165, 1.54) is 0 Å². The average molecular weight is 317 g/mol. The van der Waals surface area contributed by atoms with E-state index in [2.05, 4.69) is 25.3 Å². The van der Waals surface area contributed by atoms with Crippen LogP contribution in [0.2, 0.25) is 0 Å². The SMILES string of the molecule is COc1nc2nc(-c3ccccc3)c3cnc4nncc4c3n2[nH]1. The highest BCUT2D eigenvalue weighted by atomic mass is 16.5. The van der Waals surface area contributed by atoms with E-state index in [9.17, 15) is 0 Å². The predicted octanol–water partition coefficient (Wildman–Crippen LogP) is 2.22. The number of aromatic amines is 1. The molecule has 116 valence electrons. The molecule has 0 bridgehead atoms. The second-order valence-corrected chi connectivity index (χ2v) is 5.30. The number of hydrogen-bond donors (Lipinski definition) is 1. The summed E-state index contributed by atoms with van der Waals surface area (Å²) in [6.07, 6.45) is 3.46. The summed E-state index contributed by atoms with van der Waals surface area (Å²) in [5.74, 6) is 0.506. The topological polar surface area (TPSA) is 93.9 Å². The summed E-state index contributed by atoms with van der Waals surface area (Å²) in [6, 6.07) is 10.3. The standard InChI is InChI=1S/C16H11N7O/c1-24-16-20-15-19-12(9-5-3-2-4-6-9)10-7-17-14-11(8-18-21-14)13(10)23(15)22-16/h2-8H,1H3,(H,19,20,22). The van der Waals surface area contributed by atoms with Crippen molar-refractivity contribution in [3.63, 3.8) is 0 Å². The minimum atomic E-state index is 0.381. The number of H-pyrrole nitrogens is 1. The Balaban J connectivity index is 2.02. The molecule has 0 saturated carbocycles. The van der Waals surface area contributed by atoms with Gasteiger partial charge in [-0.25, -0.2) is 19.6 Å². The first-order valence-electron chi connectivity index (χ1n) is 7.33. The van der Waals surface area contributed by atoms with Crippen LogP contribution in [0, 0.1) is 0 Å². The van der Waals surface area contributed by atoms with Gasteiger partial charge in [0.1, 0.15) is 0 Å². The smallest absolute Gasteiger partial charge is 0.312 e. The number of hydrogen-bond acceptors (Lipinski definition) is 6. The molecular weight excluding hydrogens is 306 g/mol. The molecule has 24 heavy (non-hydrogen) atoms. The van der Waals surface area contributed by atoms with Gasteiger partial charge in [0.25, 0.3) is 5.78 Å². The molecule has 8 nitrogen and oxygen atoms in total. The van der Waals surface area contributed by atoms with Crippen molar-refractivity contribution >= 4 is 27.7 Å². The summed E-state index contributed by atoms with van der Waals surface area (Å²) in [5.41, 5.74) is 3.23. The van der Waals surface area contributed by atoms with E-state index in [4.69, 9.17) is 9.72 Å². The summed E-state index contributed by atoms with van der Waals surface area (Å²) >= 11 is 0. The molecule has 0 amide bonds. The van der Waals surface area contributed by atoms with Crippen LogP contribution in [-0.2, 0) is 0 Å². The second kappa shape index (κ2) is 4.72. The molecule has 0 atom stereocenters. The van der Waals surface area contributed by atoms with Gasteiger partial charge >= 0.3 is 6.01 Å². The number of benzene rings is 1. The molecule has 0 saturated heterocycles. The molecule has 1 aromatic carbocycles. The number of rotatable bonds is 2. The molecule has 8 heteroatoms. The Morgan fingerprint density at radius 2 is 1.92 bits per heavy atom. The zero-order valence-electron chi connectivity index (χ0n) is 12.6. The molecule has 0 fully saturated rings. The lowest BCUT2D eigenvalue weighted by molar-refractivity contribution is 0.381. The summed E-state index contributed by atoms with van der Waals surface area (Å²) in [5, 5.41) is 12.8. The molecule has 4 aromatic heterocycles. The van der Waals surface area contributed by atoms with Gasteiger partial charge in [0.15, 0.2) is 5.65 Å². The highest BCUT2D eigenvalue weighted by Gasteiger charge is 2.17. The van der Waals surface area contributed by atoms with Gasteiger partial charge in [0.05, 0.1) is 29.9 Å². The fourth-order valence-corrected chi connectivity index (χ4v) is 2.87. The van der Waals surface area contributed by atoms with Gasteiger partial charge in [-0.05, 0) is 0 Å². The van der Waals surface area contributed by atoms with E-state index in [1.54, 1.807) is 24.0 Å². The third-order valence-electron chi connectivity index (χ3n) is 3.95. The number of nitrogens with zero attached hydrogens (tertiary/aromatic N) is 6. The van der Waals surface area contributed by atoms with Crippen molar-refractivity contribution in [1.82, 2.24) is 34.8 Å². The van der Waals surface area contributed by atoms with Crippen molar-refractivity contribution in [2.75, 3.05) is 7.11 Å². The fraction of sp³-hybridized carbons (Fsp3) is 0.0625. The maximum Gasteiger partial charge on any atom is 0.312 e. The van der Waals surface area contributed by atoms with Crippen LogP contribution in [0.5, 0.6) is 6.01 Å². The number of nitrogens with one attached hydrogen (secondary N) is 1. The summed E-state index contributed by atoms with van der Waals surface area (Å²) < 4.78 is 6.98. The van der Waals surface area contributed by atoms with Crippen LogP contribution in [0.15, 0.2) is 42.7 Å². The lowest BCUT2D eigenvalue weighted by Gasteiger charge is -2.08. The lowest BCUT2D eigenvalue weighted by atomic mass is 10.1. The lowest BCUT2D eigenvalue weighted by Crippen LogP contribution is -1.98. The van der Waals surface area contributed by atoms with E-state index in [0.717, 1.165) is 27.5 Å². The van der Waals surface area contributed by atoms with E-state index in [1.807, 2.05) is 30.3 Å². The Morgan fingerprint density at radius 1 is 1.04 bits per heavy atom. The largest absolute Gasteiger partial charge is 0.467 e. The van der Waals surface area contributed by atoms with Crippen LogP contribution in [0.1, 0.15) is 0 Å².